The quantitative estimate of drug-likeness (QED) is 0.610. The minimum atomic E-state index is -0.461. The van der Waals surface area contributed by atoms with Crippen LogP contribution in [0.2, 0.25) is 0 Å². The van der Waals surface area contributed by atoms with Gasteiger partial charge in [-0.1, -0.05) is 56.3 Å². The summed E-state index contributed by atoms with van der Waals surface area (Å²) in [5.74, 6) is 0.00309. The molecule has 0 unspecified atom stereocenters. The average molecular weight is 386 g/mol. The number of amides is 2. The van der Waals surface area contributed by atoms with E-state index in [-0.39, 0.29) is 17.2 Å². The molecule has 2 amide bonds. The molecule has 3 rings (SSSR count). The van der Waals surface area contributed by atoms with Gasteiger partial charge >= 0.3 is 0 Å². The lowest BCUT2D eigenvalue weighted by Gasteiger charge is -2.07. The predicted octanol–water partition coefficient (Wildman–Crippen LogP) is 3.27. The van der Waals surface area contributed by atoms with Crippen molar-refractivity contribution >= 4 is 23.3 Å². The van der Waals surface area contributed by atoms with Crippen molar-refractivity contribution in [1.29, 1.82) is 5.26 Å². The number of nitrogens with one attached hydrogen (secondary N) is 2. The van der Waals surface area contributed by atoms with E-state index in [9.17, 15) is 14.9 Å². The summed E-state index contributed by atoms with van der Waals surface area (Å²) in [4.78, 5) is 29.5. The number of amidine groups is 1. The van der Waals surface area contributed by atoms with Crippen LogP contribution in [-0.4, -0.2) is 24.2 Å². The Labute approximate surface area is 170 Å². The Hall–Kier alpha value is -3.72. The molecule has 1 heterocycles. The van der Waals surface area contributed by atoms with E-state index in [1.807, 2.05) is 24.3 Å². The molecule has 0 atom stereocenters. The fraction of sp³-hybridized carbons (Fsp3) is 0.217. The highest BCUT2D eigenvalue weighted by Crippen LogP contribution is 2.30. The van der Waals surface area contributed by atoms with Crippen molar-refractivity contribution in [3.63, 3.8) is 0 Å². The number of carbonyl (C=O) groups excluding carboxylic acids is 2. The molecule has 0 radical (unpaired) electrons. The molecule has 1 aliphatic heterocycles. The Morgan fingerprint density at radius 2 is 1.69 bits per heavy atom. The molecule has 0 bridgehead atoms. The molecule has 2 N–H and O–H groups in total. The van der Waals surface area contributed by atoms with Gasteiger partial charge < -0.3 is 10.6 Å². The van der Waals surface area contributed by atoms with Crippen LogP contribution in [-0.2, 0) is 4.79 Å². The van der Waals surface area contributed by atoms with Gasteiger partial charge in [0.15, 0.2) is 0 Å². The fourth-order valence-electron chi connectivity index (χ4n) is 2.96. The van der Waals surface area contributed by atoms with Crippen LogP contribution in [0.3, 0.4) is 0 Å². The van der Waals surface area contributed by atoms with E-state index in [1.54, 1.807) is 36.4 Å². The van der Waals surface area contributed by atoms with E-state index >= 15 is 0 Å². The first-order valence-corrected chi connectivity index (χ1v) is 9.48. The maximum atomic E-state index is 12.6. The van der Waals surface area contributed by atoms with Crippen LogP contribution in [0.5, 0.6) is 0 Å². The molecule has 6 heteroatoms. The predicted molar refractivity (Wildman–Crippen MR) is 112 cm³/mol. The molecule has 1 aliphatic rings. The topological polar surface area (TPSA) is 94.3 Å². The lowest BCUT2D eigenvalue weighted by molar-refractivity contribution is -0.117. The lowest BCUT2D eigenvalue weighted by atomic mass is 10.0. The summed E-state index contributed by atoms with van der Waals surface area (Å²) in [7, 11) is 0. The van der Waals surface area contributed by atoms with E-state index in [4.69, 9.17) is 0 Å². The van der Waals surface area contributed by atoms with Gasteiger partial charge in [-0.15, -0.1) is 0 Å². The first-order valence-electron chi connectivity index (χ1n) is 9.48. The van der Waals surface area contributed by atoms with Crippen molar-refractivity contribution in [2.24, 2.45) is 10.9 Å². The van der Waals surface area contributed by atoms with Gasteiger partial charge in [-0.2, -0.15) is 5.26 Å². The number of hydrogen-bond donors (Lipinski definition) is 2. The molecule has 0 fully saturated rings. The summed E-state index contributed by atoms with van der Waals surface area (Å²) in [6.07, 6.45) is 0.817. The number of hydrogen-bond acceptors (Lipinski definition) is 4. The average Bonchev–Trinajstić information content (AvgIpc) is 3.07. The van der Waals surface area contributed by atoms with Crippen molar-refractivity contribution in [3.05, 3.63) is 76.9 Å². The third kappa shape index (κ3) is 4.58. The highest BCUT2D eigenvalue weighted by Gasteiger charge is 2.27. The van der Waals surface area contributed by atoms with Crippen LogP contribution in [0.25, 0.3) is 5.70 Å². The SMILES string of the molecule is CC(C)CCNC(=O)/C(C#N)=C1\N=C(NC(=O)c2ccccc2)c2ccccc21. The van der Waals surface area contributed by atoms with Gasteiger partial charge in [0.05, 0.1) is 5.70 Å². The van der Waals surface area contributed by atoms with E-state index < -0.39 is 5.91 Å². The molecule has 2 aromatic rings. The van der Waals surface area contributed by atoms with Crippen molar-refractivity contribution in [2.45, 2.75) is 20.3 Å². The van der Waals surface area contributed by atoms with Crippen LogP contribution >= 0.6 is 0 Å². The standard InChI is InChI=1S/C23H22N4O2/c1-15(2)12-13-25-23(29)19(14-24)20-17-10-6-7-11-18(17)21(26-20)27-22(28)16-8-4-3-5-9-16/h3-11,15H,12-13H2,1-2H3,(H,25,29)(H,26,27,28)/b20-19-. The Morgan fingerprint density at radius 1 is 1.03 bits per heavy atom. The molecule has 0 spiro atoms. The Balaban J connectivity index is 1.92. The fourth-order valence-corrected chi connectivity index (χ4v) is 2.96. The van der Waals surface area contributed by atoms with Gasteiger partial charge in [0.25, 0.3) is 11.8 Å². The number of rotatable bonds is 5. The second-order valence-electron chi connectivity index (χ2n) is 7.10. The van der Waals surface area contributed by atoms with Crippen LogP contribution in [0.15, 0.2) is 65.2 Å². The number of nitrogens with zero attached hydrogens (tertiary/aromatic N) is 2. The van der Waals surface area contributed by atoms with Crippen molar-refractivity contribution in [3.8, 4) is 6.07 Å². The summed E-state index contributed by atoms with van der Waals surface area (Å²) in [6, 6.07) is 18.0. The van der Waals surface area contributed by atoms with Gasteiger partial charge in [0, 0.05) is 23.2 Å². The van der Waals surface area contributed by atoms with Gasteiger partial charge in [-0.25, -0.2) is 4.99 Å². The maximum absolute atomic E-state index is 12.6. The normalized spacial score (nSPS) is 13.9. The smallest absolute Gasteiger partial charge is 0.264 e. The molecule has 2 aromatic carbocycles. The summed E-state index contributed by atoms with van der Waals surface area (Å²) < 4.78 is 0. The zero-order valence-corrected chi connectivity index (χ0v) is 16.4. The number of aliphatic imine (C=N–C) groups is 1. The third-order valence-electron chi connectivity index (χ3n) is 4.51. The van der Waals surface area contributed by atoms with Gasteiger partial charge in [0.2, 0.25) is 0 Å². The van der Waals surface area contributed by atoms with Crippen LogP contribution < -0.4 is 10.6 Å². The van der Waals surface area contributed by atoms with Crippen molar-refractivity contribution < 1.29 is 9.59 Å². The monoisotopic (exact) mass is 386 g/mol. The number of benzene rings is 2. The van der Waals surface area contributed by atoms with E-state index in [0.717, 1.165) is 6.42 Å². The van der Waals surface area contributed by atoms with Crippen LogP contribution in [0, 0.1) is 17.2 Å². The van der Waals surface area contributed by atoms with Crippen molar-refractivity contribution in [2.75, 3.05) is 6.54 Å². The Morgan fingerprint density at radius 3 is 2.34 bits per heavy atom. The van der Waals surface area contributed by atoms with Gasteiger partial charge in [0.1, 0.15) is 17.5 Å². The summed E-state index contributed by atoms with van der Waals surface area (Å²) in [5.41, 5.74) is 2.02. The second kappa shape index (κ2) is 8.98. The number of nitriles is 1. The molecule has 6 nitrogen and oxygen atoms in total. The molecular weight excluding hydrogens is 364 g/mol. The van der Waals surface area contributed by atoms with E-state index in [2.05, 4.69) is 29.5 Å². The Bertz CT molecular complexity index is 1030. The first-order chi connectivity index (χ1) is 14.0. The summed E-state index contributed by atoms with van der Waals surface area (Å²) in [6.45, 7) is 4.61. The van der Waals surface area contributed by atoms with Crippen LogP contribution in [0.1, 0.15) is 41.8 Å². The molecular formula is C23H22N4O2. The third-order valence-corrected chi connectivity index (χ3v) is 4.51. The number of fused-ring (bicyclic) bond motifs is 1. The minimum absolute atomic E-state index is 0.0647. The minimum Gasteiger partial charge on any atom is -0.351 e. The molecule has 0 aliphatic carbocycles. The highest BCUT2D eigenvalue weighted by molar-refractivity contribution is 6.20. The van der Waals surface area contributed by atoms with Gasteiger partial charge in [-0.3, -0.25) is 9.59 Å². The zero-order chi connectivity index (χ0) is 20.8. The molecule has 29 heavy (non-hydrogen) atoms. The zero-order valence-electron chi connectivity index (χ0n) is 16.4. The van der Waals surface area contributed by atoms with Crippen molar-refractivity contribution in [1.82, 2.24) is 10.6 Å². The first kappa shape index (κ1) is 20.0. The molecule has 0 saturated carbocycles. The lowest BCUT2D eigenvalue weighted by Crippen LogP contribution is -2.30. The van der Waals surface area contributed by atoms with Crippen LogP contribution in [0.4, 0.5) is 0 Å². The largest absolute Gasteiger partial charge is 0.351 e. The molecule has 0 saturated heterocycles. The molecule has 146 valence electrons. The maximum Gasteiger partial charge on any atom is 0.264 e. The van der Waals surface area contributed by atoms with E-state index in [1.165, 1.54) is 0 Å². The summed E-state index contributed by atoms with van der Waals surface area (Å²) >= 11 is 0. The van der Waals surface area contributed by atoms with Gasteiger partial charge in [-0.05, 0) is 24.5 Å². The second-order valence-corrected chi connectivity index (χ2v) is 7.10. The molecule has 0 aromatic heterocycles. The Kier molecular flexibility index (Phi) is 6.20. The highest BCUT2D eigenvalue weighted by atomic mass is 16.2. The number of carbonyl (C=O) groups is 2. The summed E-state index contributed by atoms with van der Waals surface area (Å²) in [5, 5.41) is 15.2. The van der Waals surface area contributed by atoms with E-state index in [0.29, 0.717) is 35.0 Å².